The molecule has 3 aromatic rings. The van der Waals surface area contributed by atoms with Crippen LogP contribution in [0.5, 0.6) is 23.0 Å². The average Bonchev–Trinajstić information content (AvgIpc) is 3.00. The third-order valence-corrected chi connectivity index (χ3v) is 13.5. The van der Waals surface area contributed by atoms with Crippen LogP contribution in [-0.4, -0.2) is 6.71 Å². The van der Waals surface area contributed by atoms with Crippen molar-refractivity contribution in [2.24, 2.45) is 35.5 Å². The predicted molar refractivity (Wildman–Crippen MR) is 164 cm³/mol. The van der Waals surface area contributed by atoms with Crippen LogP contribution in [0.25, 0.3) is 0 Å². The van der Waals surface area contributed by atoms with E-state index in [1.165, 1.54) is 88.2 Å². The van der Waals surface area contributed by atoms with Crippen LogP contribution in [0.2, 0.25) is 0 Å². The van der Waals surface area contributed by atoms with Gasteiger partial charge in [0.1, 0.15) is 23.0 Å². The second kappa shape index (κ2) is 7.63. The molecule has 0 atom stereocenters. The van der Waals surface area contributed by atoms with Gasteiger partial charge in [-0.3, -0.25) is 0 Å². The second-order valence-corrected chi connectivity index (χ2v) is 16.0. The van der Waals surface area contributed by atoms with Crippen molar-refractivity contribution >= 4 is 23.1 Å². The third-order valence-electron chi connectivity index (χ3n) is 13.5. The number of hydrogen-bond donors (Lipinski definition) is 0. The van der Waals surface area contributed by atoms with Gasteiger partial charge in [-0.25, -0.2) is 0 Å². The molecule has 8 aliphatic carbocycles. The molecule has 0 N–H and O–H groups in total. The topological polar surface area (TPSA) is 18.5 Å². The van der Waals surface area contributed by atoms with Gasteiger partial charge in [0.2, 0.25) is 0 Å². The predicted octanol–water partition coefficient (Wildman–Crippen LogP) is 7.35. The first kappa shape index (κ1) is 20.3. The van der Waals surface area contributed by atoms with Gasteiger partial charge in [-0.1, -0.05) is 30.3 Å². The Hall–Kier alpha value is -2.68. The fourth-order valence-corrected chi connectivity index (χ4v) is 12.8. The molecule has 3 aromatic carbocycles. The molecule has 0 unspecified atom stereocenters. The minimum absolute atomic E-state index is 0.00107. The summed E-state index contributed by atoms with van der Waals surface area (Å²) in [5.41, 5.74) is 6.61. The van der Waals surface area contributed by atoms with Crippen molar-refractivity contribution in [3.05, 3.63) is 65.7 Å². The number of hydrogen-bond acceptors (Lipinski definition) is 2. The van der Waals surface area contributed by atoms with Gasteiger partial charge in [-0.15, -0.1) is 0 Å². The van der Waals surface area contributed by atoms with Crippen molar-refractivity contribution in [1.29, 1.82) is 0 Å². The summed E-state index contributed by atoms with van der Waals surface area (Å²) in [7, 11) is 0. The monoisotopic (exact) mass is 541 g/mol. The highest BCUT2D eigenvalue weighted by molar-refractivity contribution is 6.98. The molecule has 2 heterocycles. The molecular formula is C38H39BO2. The van der Waals surface area contributed by atoms with Gasteiger partial charge in [0.15, 0.2) is 0 Å². The summed E-state index contributed by atoms with van der Waals surface area (Å²) >= 11 is 0. The van der Waals surface area contributed by atoms with E-state index < -0.39 is 0 Å². The molecule has 2 aliphatic heterocycles. The molecule has 0 saturated heterocycles. The lowest BCUT2D eigenvalue weighted by Crippen LogP contribution is -2.58. The summed E-state index contributed by atoms with van der Waals surface area (Å²) in [6.07, 6.45) is 16.5. The minimum atomic E-state index is -0.149. The highest BCUT2D eigenvalue weighted by atomic mass is 16.5. The number of rotatable bonds is 2. The number of benzene rings is 3. The summed E-state index contributed by atoms with van der Waals surface area (Å²) in [6.45, 7) is -0.149. The Balaban J connectivity index is 1.10. The van der Waals surface area contributed by atoms with Crippen molar-refractivity contribution in [2.45, 2.75) is 87.9 Å². The quantitative estimate of drug-likeness (QED) is 0.218. The Morgan fingerprint density at radius 1 is 0.561 bits per heavy atom. The molecule has 0 amide bonds. The van der Waals surface area contributed by atoms with E-state index in [1.807, 2.05) is 0 Å². The molecule has 0 spiro atoms. The molecule has 13 rings (SSSR count). The van der Waals surface area contributed by atoms with Crippen LogP contribution in [0.15, 0.2) is 54.5 Å². The standard InChI is InChI=1S/C38H39BO2/c1-2-34-36-35(3-1)41-33-7-5-29(38-19-25-11-26(20-38)13-27(12-25)21-38)15-31(33)39(36)30-14-28(4-6-32(30)40-34)37-16-22-8-23(17-37)10-24(9-22)18-37/h1-7,14-15,22-27H,8-13,16-21H2/i1D,2D,3D. The van der Waals surface area contributed by atoms with Crippen molar-refractivity contribution in [1.82, 2.24) is 0 Å². The molecule has 10 aliphatic rings. The van der Waals surface area contributed by atoms with E-state index in [1.54, 1.807) is 0 Å². The lowest BCUT2D eigenvalue weighted by molar-refractivity contribution is -0.00527. The first-order valence-electron chi connectivity index (χ1n) is 18.1. The number of ether oxygens (including phenoxy) is 2. The molecule has 8 bridgehead atoms. The van der Waals surface area contributed by atoms with Crippen molar-refractivity contribution < 1.29 is 13.6 Å². The summed E-state index contributed by atoms with van der Waals surface area (Å²) in [4.78, 5) is 0. The maximum atomic E-state index is 8.88. The Morgan fingerprint density at radius 3 is 1.34 bits per heavy atom. The number of fused-ring (bicyclic) bond motifs is 4. The van der Waals surface area contributed by atoms with Gasteiger partial charge >= 0.3 is 0 Å². The van der Waals surface area contributed by atoms with Crippen molar-refractivity contribution in [3.8, 4) is 23.0 Å². The largest absolute Gasteiger partial charge is 0.458 e. The van der Waals surface area contributed by atoms with Crippen molar-refractivity contribution in [3.63, 3.8) is 0 Å². The third kappa shape index (κ3) is 3.06. The maximum absolute atomic E-state index is 8.88. The first-order chi connectivity index (χ1) is 21.3. The second-order valence-electron chi connectivity index (χ2n) is 16.0. The fourth-order valence-electron chi connectivity index (χ4n) is 12.8. The van der Waals surface area contributed by atoms with Crippen LogP contribution in [-0.2, 0) is 10.8 Å². The van der Waals surface area contributed by atoms with Crippen LogP contribution in [0, 0.1) is 35.5 Å². The van der Waals surface area contributed by atoms with Crippen molar-refractivity contribution in [2.75, 3.05) is 0 Å². The van der Waals surface area contributed by atoms with E-state index in [4.69, 9.17) is 13.6 Å². The Labute approximate surface area is 248 Å². The molecule has 2 nitrogen and oxygen atoms in total. The van der Waals surface area contributed by atoms with E-state index >= 15 is 0 Å². The summed E-state index contributed by atoms with van der Waals surface area (Å²) in [6, 6.07) is 13.8. The lowest BCUT2D eigenvalue weighted by atomic mass is 9.34. The van der Waals surface area contributed by atoms with Crippen LogP contribution < -0.4 is 25.9 Å². The van der Waals surface area contributed by atoms with Gasteiger partial charge in [0.25, 0.3) is 6.71 Å². The van der Waals surface area contributed by atoms with E-state index in [0.717, 1.165) is 63.4 Å². The summed E-state index contributed by atoms with van der Waals surface area (Å²) in [5.74, 6) is 7.68. The van der Waals surface area contributed by atoms with Crippen LogP contribution in [0.1, 0.15) is 92.3 Å². The van der Waals surface area contributed by atoms with Crippen LogP contribution in [0.3, 0.4) is 0 Å². The Bertz CT molecular complexity index is 1600. The zero-order valence-corrected chi connectivity index (χ0v) is 23.8. The Morgan fingerprint density at radius 2 is 0.951 bits per heavy atom. The molecule has 206 valence electrons. The molecule has 3 heteroatoms. The molecule has 8 saturated carbocycles. The molecule has 8 fully saturated rings. The smallest absolute Gasteiger partial charge is 0.260 e. The molecule has 0 radical (unpaired) electrons. The molecule has 0 aromatic heterocycles. The average molecular weight is 542 g/mol. The zero-order valence-electron chi connectivity index (χ0n) is 26.8. The Kier molecular flexibility index (Phi) is 3.77. The molecular weight excluding hydrogens is 499 g/mol. The lowest BCUT2D eigenvalue weighted by Gasteiger charge is -2.57. The van der Waals surface area contributed by atoms with Gasteiger partial charge < -0.3 is 9.47 Å². The zero-order chi connectivity index (χ0) is 29.1. The summed E-state index contributed by atoms with van der Waals surface area (Å²) < 4.78 is 39.4. The highest BCUT2D eigenvalue weighted by Gasteiger charge is 2.54. The van der Waals surface area contributed by atoms with Crippen LogP contribution >= 0.6 is 0 Å². The van der Waals surface area contributed by atoms with E-state index in [0.29, 0.717) is 11.5 Å². The summed E-state index contributed by atoms with van der Waals surface area (Å²) in [5, 5.41) is 0. The SMILES string of the molecule is [2H]c1c([2H])c2c3c(c1[2H])Oc1ccc(C45CC6CC(CC(C6)C4)C5)cc1B3c1cc(C34CC5CC(CC(C5)C3)C4)ccc1O2. The minimum Gasteiger partial charge on any atom is -0.458 e. The first-order valence-corrected chi connectivity index (χ1v) is 16.6. The van der Waals surface area contributed by atoms with E-state index in [9.17, 15) is 0 Å². The van der Waals surface area contributed by atoms with Gasteiger partial charge in [-0.2, -0.15) is 0 Å². The maximum Gasteiger partial charge on any atom is 0.260 e. The van der Waals surface area contributed by atoms with Crippen LogP contribution in [0.4, 0.5) is 0 Å². The fraction of sp³-hybridized carbons (Fsp3) is 0.526. The van der Waals surface area contributed by atoms with E-state index in [2.05, 4.69) is 36.4 Å². The molecule has 41 heavy (non-hydrogen) atoms. The highest BCUT2D eigenvalue weighted by Crippen LogP contribution is 2.62. The van der Waals surface area contributed by atoms with Gasteiger partial charge in [-0.05, 0) is 170 Å². The van der Waals surface area contributed by atoms with E-state index in [-0.39, 0.29) is 35.7 Å². The van der Waals surface area contributed by atoms with Gasteiger partial charge in [0.05, 0.1) is 4.11 Å². The normalized spacial score (nSPS) is 40.6. The van der Waals surface area contributed by atoms with Gasteiger partial charge in [0, 0.05) is 5.46 Å².